The molecule has 1 fully saturated rings. The van der Waals surface area contributed by atoms with Crippen LogP contribution in [0.1, 0.15) is 31.6 Å². The van der Waals surface area contributed by atoms with E-state index in [0.29, 0.717) is 18.4 Å². The van der Waals surface area contributed by atoms with Crippen LogP contribution in [0.4, 0.5) is 4.39 Å². The highest BCUT2D eigenvalue weighted by Gasteiger charge is 2.22. The molecule has 1 saturated heterocycles. The van der Waals surface area contributed by atoms with Crippen LogP contribution in [-0.4, -0.2) is 40.7 Å². The van der Waals surface area contributed by atoms with Gasteiger partial charge in [-0.05, 0) is 31.5 Å². The Morgan fingerprint density at radius 2 is 2.22 bits per heavy atom. The van der Waals surface area contributed by atoms with Gasteiger partial charge < -0.3 is 9.30 Å². The molecule has 5 heteroatoms. The number of nitrogens with zero attached hydrogens (tertiary/aromatic N) is 3. The van der Waals surface area contributed by atoms with E-state index in [1.807, 2.05) is 6.20 Å². The number of ether oxygens (including phenoxy) is 1. The molecule has 0 amide bonds. The number of piperidine rings is 1. The second-order valence-electron chi connectivity index (χ2n) is 5.98. The summed E-state index contributed by atoms with van der Waals surface area (Å²) in [7, 11) is 0. The predicted octanol–water partition coefficient (Wildman–Crippen LogP) is 3.30. The van der Waals surface area contributed by atoms with Crippen molar-refractivity contribution < 1.29 is 9.13 Å². The Hall–Kier alpha value is -1.88. The molecule has 3 rings (SSSR count). The topological polar surface area (TPSA) is 30.3 Å². The number of halogens is 1. The maximum Gasteiger partial charge on any atom is 0.165 e. The zero-order valence-corrected chi connectivity index (χ0v) is 13.6. The summed E-state index contributed by atoms with van der Waals surface area (Å²) in [6.45, 7) is 5.55. The van der Waals surface area contributed by atoms with Crippen molar-refractivity contribution in [1.82, 2.24) is 14.5 Å². The molecule has 1 aromatic heterocycles. The van der Waals surface area contributed by atoms with E-state index >= 15 is 0 Å². The monoisotopic (exact) mass is 317 g/mol. The van der Waals surface area contributed by atoms with Gasteiger partial charge in [0.05, 0.1) is 0 Å². The molecule has 2 aromatic rings. The van der Waals surface area contributed by atoms with E-state index in [1.165, 1.54) is 18.9 Å². The molecule has 0 N–H and O–H groups in total. The van der Waals surface area contributed by atoms with Gasteiger partial charge in [-0.25, -0.2) is 9.37 Å². The molecule has 23 heavy (non-hydrogen) atoms. The van der Waals surface area contributed by atoms with Crippen LogP contribution in [-0.2, 0) is 6.42 Å². The number of para-hydroxylation sites is 1. The molecule has 1 aliphatic heterocycles. The van der Waals surface area contributed by atoms with Crippen LogP contribution in [0.25, 0.3) is 0 Å². The molecule has 124 valence electrons. The van der Waals surface area contributed by atoms with Crippen molar-refractivity contribution in [1.29, 1.82) is 0 Å². The van der Waals surface area contributed by atoms with Crippen LogP contribution in [0.15, 0.2) is 36.7 Å². The number of benzene rings is 1. The van der Waals surface area contributed by atoms with Crippen LogP contribution in [0.3, 0.4) is 0 Å². The van der Waals surface area contributed by atoms with Gasteiger partial charge in [0.1, 0.15) is 12.4 Å². The Balaban J connectivity index is 1.52. The lowest BCUT2D eigenvalue weighted by atomic mass is 10.1. The molecule has 0 bridgehead atoms. The van der Waals surface area contributed by atoms with E-state index in [4.69, 9.17) is 4.74 Å². The highest BCUT2D eigenvalue weighted by molar-refractivity contribution is 5.23. The van der Waals surface area contributed by atoms with Gasteiger partial charge in [-0.3, -0.25) is 4.90 Å². The van der Waals surface area contributed by atoms with E-state index in [2.05, 4.69) is 27.6 Å². The van der Waals surface area contributed by atoms with Crippen LogP contribution in [0.5, 0.6) is 5.75 Å². The number of hydrogen-bond donors (Lipinski definition) is 0. The molecule has 0 saturated carbocycles. The summed E-state index contributed by atoms with van der Waals surface area (Å²) < 4.78 is 21.4. The van der Waals surface area contributed by atoms with Gasteiger partial charge in [-0.15, -0.1) is 0 Å². The minimum Gasteiger partial charge on any atom is -0.489 e. The smallest absolute Gasteiger partial charge is 0.165 e. The first-order valence-electron chi connectivity index (χ1n) is 8.39. The maximum atomic E-state index is 13.5. The fourth-order valence-electron chi connectivity index (χ4n) is 3.26. The molecular formula is C18H24FN3O. The SMILES string of the molecule is CCc1nccn1[C@H]1CCCN(CCOc2ccccc2F)C1. The zero-order valence-electron chi connectivity index (χ0n) is 13.6. The van der Waals surface area contributed by atoms with Crippen molar-refractivity contribution >= 4 is 0 Å². The third kappa shape index (κ3) is 3.91. The Bertz CT molecular complexity index is 628. The summed E-state index contributed by atoms with van der Waals surface area (Å²) in [5, 5.41) is 0. The quantitative estimate of drug-likeness (QED) is 0.819. The molecule has 0 unspecified atom stereocenters. The Morgan fingerprint density at radius 1 is 1.35 bits per heavy atom. The number of rotatable bonds is 6. The Morgan fingerprint density at radius 3 is 3.04 bits per heavy atom. The van der Waals surface area contributed by atoms with Crippen molar-refractivity contribution in [2.75, 3.05) is 26.2 Å². The van der Waals surface area contributed by atoms with E-state index < -0.39 is 0 Å². The molecule has 0 aliphatic carbocycles. The van der Waals surface area contributed by atoms with Crippen LogP contribution < -0.4 is 4.74 Å². The summed E-state index contributed by atoms with van der Waals surface area (Å²) in [5.74, 6) is 1.19. The summed E-state index contributed by atoms with van der Waals surface area (Å²) in [4.78, 5) is 6.82. The fraction of sp³-hybridized carbons (Fsp3) is 0.500. The largest absolute Gasteiger partial charge is 0.489 e. The van der Waals surface area contributed by atoms with E-state index in [1.54, 1.807) is 18.2 Å². The van der Waals surface area contributed by atoms with Crippen LogP contribution in [0.2, 0.25) is 0 Å². The van der Waals surface area contributed by atoms with Gasteiger partial charge in [-0.1, -0.05) is 19.1 Å². The minimum absolute atomic E-state index is 0.296. The van der Waals surface area contributed by atoms with Gasteiger partial charge in [-0.2, -0.15) is 0 Å². The number of imidazole rings is 1. The third-order valence-corrected chi connectivity index (χ3v) is 4.44. The van der Waals surface area contributed by atoms with Crippen molar-refractivity contribution in [2.45, 2.75) is 32.2 Å². The summed E-state index contributed by atoms with van der Waals surface area (Å²) in [5.41, 5.74) is 0. The lowest BCUT2D eigenvalue weighted by Crippen LogP contribution is -2.39. The second-order valence-corrected chi connectivity index (χ2v) is 5.98. The molecule has 2 heterocycles. The average Bonchev–Trinajstić information content (AvgIpc) is 3.06. The molecule has 4 nitrogen and oxygen atoms in total. The normalized spacial score (nSPS) is 19.0. The molecule has 1 aromatic carbocycles. The molecular weight excluding hydrogens is 293 g/mol. The van der Waals surface area contributed by atoms with Crippen molar-refractivity contribution in [3.05, 3.63) is 48.3 Å². The lowest BCUT2D eigenvalue weighted by Gasteiger charge is -2.34. The Labute approximate surface area is 136 Å². The standard InChI is InChI=1S/C18H24FN3O/c1-2-18-20-9-11-22(18)15-6-5-10-21(14-15)12-13-23-17-8-4-3-7-16(17)19/h3-4,7-9,11,15H,2,5-6,10,12-14H2,1H3/t15-/m0/s1. The molecule has 0 spiro atoms. The van der Waals surface area contributed by atoms with E-state index in [9.17, 15) is 4.39 Å². The van der Waals surface area contributed by atoms with Gasteiger partial charge >= 0.3 is 0 Å². The molecule has 0 radical (unpaired) electrons. The fourth-order valence-corrected chi connectivity index (χ4v) is 3.26. The predicted molar refractivity (Wildman–Crippen MR) is 88.2 cm³/mol. The Kier molecular flexibility index (Phi) is 5.28. The number of aryl methyl sites for hydroxylation is 1. The number of likely N-dealkylation sites (tertiary alicyclic amines) is 1. The first-order valence-corrected chi connectivity index (χ1v) is 8.39. The summed E-state index contributed by atoms with van der Waals surface area (Å²) >= 11 is 0. The first kappa shape index (κ1) is 16.0. The average molecular weight is 317 g/mol. The maximum absolute atomic E-state index is 13.5. The minimum atomic E-state index is -0.296. The van der Waals surface area contributed by atoms with E-state index in [0.717, 1.165) is 31.9 Å². The van der Waals surface area contributed by atoms with Gasteiger partial charge in [0.15, 0.2) is 11.6 Å². The van der Waals surface area contributed by atoms with E-state index in [-0.39, 0.29) is 5.82 Å². The molecule has 1 aliphatic rings. The summed E-state index contributed by atoms with van der Waals surface area (Å²) in [6.07, 6.45) is 7.29. The van der Waals surface area contributed by atoms with Gasteiger partial charge in [0, 0.05) is 37.9 Å². The highest BCUT2D eigenvalue weighted by atomic mass is 19.1. The third-order valence-electron chi connectivity index (χ3n) is 4.44. The summed E-state index contributed by atoms with van der Waals surface area (Å²) in [6, 6.07) is 7.05. The van der Waals surface area contributed by atoms with Crippen LogP contribution >= 0.6 is 0 Å². The number of aromatic nitrogens is 2. The van der Waals surface area contributed by atoms with Crippen molar-refractivity contribution in [3.8, 4) is 5.75 Å². The number of hydrogen-bond acceptors (Lipinski definition) is 3. The second kappa shape index (κ2) is 7.59. The van der Waals surface area contributed by atoms with Crippen LogP contribution in [0, 0.1) is 5.82 Å². The van der Waals surface area contributed by atoms with Gasteiger partial charge in [0.2, 0.25) is 0 Å². The van der Waals surface area contributed by atoms with Crippen molar-refractivity contribution in [3.63, 3.8) is 0 Å². The first-order chi connectivity index (χ1) is 11.3. The highest BCUT2D eigenvalue weighted by Crippen LogP contribution is 2.23. The van der Waals surface area contributed by atoms with Gasteiger partial charge in [0.25, 0.3) is 0 Å². The molecule has 1 atom stereocenters. The lowest BCUT2D eigenvalue weighted by molar-refractivity contribution is 0.146. The van der Waals surface area contributed by atoms with Crippen molar-refractivity contribution in [2.24, 2.45) is 0 Å². The zero-order chi connectivity index (χ0) is 16.1.